The molecule has 4 N–H and O–H groups in total. The van der Waals surface area contributed by atoms with Crippen LogP contribution >= 0.6 is 46.4 Å². The Morgan fingerprint density at radius 1 is 0.279 bits per heavy atom. The maximum absolute atomic E-state index is 8.79. The van der Waals surface area contributed by atoms with E-state index in [4.69, 9.17) is 66.8 Å². The minimum atomic E-state index is 0. The topological polar surface area (TPSA) is 80.9 Å². The van der Waals surface area contributed by atoms with Crippen LogP contribution in [0.3, 0.4) is 0 Å². The van der Waals surface area contributed by atoms with E-state index < -0.39 is 0 Å². The number of rotatable bonds is 0. The summed E-state index contributed by atoms with van der Waals surface area (Å²) in [7, 11) is 0. The monoisotopic (exact) mass is 1400 g/mol. The van der Waals surface area contributed by atoms with E-state index >= 15 is 0 Å². The van der Waals surface area contributed by atoms with Crippen molar-refractivity contribution in [3.63, 3.8) is 0 Å². The van der Waals surface area contributed by atoms with Crippen molar-refractivity contribution in [2.45, 2.75) is 209 Å². The summed E-state index contributed by atoms with van der Waals surface area (Å²) < 4.78 is 0. The molecule has 0 fully saturated rings. The first-order valence-corrected chi connectivity index (χ1v) is 30.4. The number of phenols is 4. The number of aromatic hydroxyl groups is 4. The molecule has 0 aliphatic heterocycles. The number of para-hydroxylation sites is 2. The summed E-state index contributed by atoms with van der Waals surface area (Å²) in [5, 5.41) is 36.9. The Hall–Kier alpha value is -3.59. The third-order valence-corrected chi connectivity index (χ3v) is 14.4. The van der Waals surface area contributed by atoms with Gasteiger partial charge in [-0.25, -0.2) is 24.3 Å². The van der Waals surface area contributed by atoms with Crippen LogP contribution in [0.4, 0.5) is 0 Å². The second-order valence-corrected chi connectivity index (χ2v) is 31.1. The predicted molar refractivity (Wildman–Crippen MR) is 370 cm³/mol. The maximum Gasteiger partial charge on any atom is 2.00 e. The molecular weight excluding hydrogens is 1300 g/mol. The number of phenolic OH excluding ortho intramolecular Hbond substituents is 4. The van der Waals surface area contributed by atoms with Crippen LogP contribution in [0.15, 0.2) is 170 Å². The molecule has 0 aliphatic carbocycles. The molecule has 0 amide bonds. The van der Waals surface area contributed by atoms with Gasteiger partial charge in [-0.3, -0.25) is 0 Å². The zero-order chi connectivity index (χ0) is 65.0. The van der Waals surface area contributed by atoms with Gasteiger partial charge in [-0.2, -0.15) is 93.0 Å². The zero-order valence-corrected chi connectivity index (χ0v) is 64.4. The fourth-order valence-electron chi connectivity index (χ4n) is 7.36. The van der Waals surface area contributed by atoms with E-state index in [2.05, 4.69) is 239 Å². The average molecular weight is 1410 g/mol. The molecule has 8 rings (SSSR count). The smallest absolute Gasteiger partial charge is 0.508 e. The summed E-state index contributed by atoms with van der Waals surface area (Å²) in [5.74, 6) is 0.679. The molecule has 86 heavy (non-hydrogen) atoms. The van der Waals surface area contributed by atoms with E-state index in [0.29, 0.717) is 20.1 Å². The SMILES string of the molecule is CC(C)(C)c1cc[c-](C(C)(C)C)c1.CC(C)(C)c1cc[c-](C(C)(C)C)c1.CC(C)(C)c1cc[c-](C(C)(C)C)c1.CC(C)(C)c1cc[c-](C(C)(C)C)c1.Oc1cccc(Cl)c1.Oc1cccc(Cl)c1.Oc1ccccc1Cl.Oc1ccccc1Cl.[Zr+2].[Zr+2]. The Morgan fingerprint density at radius 3 is 0.593 bits per heavy atom. The summed E-state index contributed by atoms with van der Waals surface area (Å²) in [6.07, 6.45) is 0. The van der Waals surface area contributed by atoms with Gasteiger partial charge in [-0.05, 0) is 60.7 Å². The Bertz CT molecular complexity index is 2600. The van der Waals surface area contributed by atoms with Crippen LogP contribution in [0.1, 0.15) is 211 Å². The fraction of sp³-hybridized carbons (Fsp3) is 0.421. The molecule has 0 atom stereocenters. The summed E-state index contributed by atoms with van der Waals surface area (Å²) >= 11 is 21.9. The quantitative estimate of drug-likeness (QED) is 0.114. The van der Waals surface area contributed by atoms with Gasteiger partial charge in [-0.1, -0.05) is 292 Å². The van der Waals surface area contributed by atoms with Gasteiger partial charge in [0.25, 0.3) is 0 Å². The van der Waals surface area contributed by atoms with Gasteiger partial charge >= 0.3 is 52.4 Å². The van der Waals surface area contributed by atoms with Gasteiger partial charge in [0.15, 0.2) is 0 Å². The Labute approximate surface area is 580 Å². The molecule has 0 aromatic heterocycles. The van der Waals surface area contributed by atoms with Crippen LogP contribution in [0, 0.1) is 0 Å². The molecule has 8 aromatic carbocycles. The standard InChI is InChI=1S/4C13H21.4C6H5ClO.2Zr/c4*1-12(2,3)10-7-8-11(9-10)13(4,5)6;2*7-5-2-1-3-6(8)4-5;2*7-5-3-1-2-4-6(5)8;;/h4*7-9H,1-6H3;4*1-4,8H;;/q4*-1;;;;;2*+2. The van der Waals surface area contributed by atoms with Crippen molar-refractivity contribution in [2.24, 2.45) is 0 Å². The van der Waals surface area contributed by atoms with Crippen molar-refractivity contribution in [1.82, 2.24) is 0 Å². The van der Waals surface area contributed by atoms with Crippen LogP contribution in [-0.2, 0) is 95.7 Å². The normalized spacial score (nSPS) is 11.5. The van der Waals surface area contributed by atoms with Crippen molar-refractivity contribution in [3.8, 4) is 23.0 Å². The molecule has 0 saturated heterocycles. The average Bonchev–Trinajstić information content (AvgIpc) is 4.18. The summed E-state index contributed by atoms with van der Waals surface area (Å²) in [4.78, 5) is 0. The molecule has 8 aromatic rings. The van der Waals surface area contributed by atoms with E-state index in [9.17, 15) is 0 Å². The van der Waals surface area contributed by atoms with Gasteiger partial charge < -0.3 is 20.4 Å². The third kappa shape index (κ3) is 33.8. The van der Waals surface area contributed by atoms with Gasteiger partial charge in [0.1, 0.15) is 23.0 Å². The largest absolute Gasteiger partial charge is 2.00 e. The number of hydrogen-bond donors (Lipinski definition) is 4. The van der Waals surface area contributed by atoms with Crippen LogP contribution in [0.25, 0.3) is 0 Å². The van der Waals surface area contributed by atoms with E-state index in [1.807, 2.05) is 0 Å². The van der Waals surface area contributed by atoms with E-state index in [1.165, 1.54) is 56.6 Å². The molecule has 0 spiro atoms. The van der Waals surface area contributed by atoms with Crippen LogP contribution in [0.5, 0.6) is 23.0 Å². The fourth-order valence-corrected chi connectivity index (χ4v) is 8.00. The van der Waals surface area contributed by atoms with Crippen molar-refractivity contribution in [3.05, 3.63) is 234 Å². The second kappa shape index (κ2) is 36.3. The Balaban J connectivity index is 0. The number of halogens is 4. The van der Waals surface area contributed by atoms with E-state index in [0.717, 1.165) is 0 Å². The zero-order valence-electron chi connectivity index (χ0n) is 56.5. The maximum atomic E-state index is 8.79. The van der Waals surface area contributed by atoms with Crippen molar-refractivity contribution in [2.75, 3.05) is 0 Å². The van der Waals surface area contributed by atoms with Crippen molar-refractivity contribution >= 4 is 46.4 Å². The van der Waals surface area contributed by atoms with Crippen molar-refractivity contribution in [1.29, 1.82) is 0 Å². The van der Waals surface area contributed by atoms with Gasteiger partial charge in [0.05, 0.1) is 10.0 Å². The molecule has 0 bridgehead atoms. The minimum Gasteiger partial charge on any atom is -0.508 e. The van der Waals surface area contributed by atoms with Crippen LogP contribution < -0.4 is 0 Å². The van der Waals surface area contributed by atoms with Crippen LogP contribution in [-0.4, -0.2) is 20.4 Å². The van der Waals surface area contributed by atoms with E-state index in [1.54, 1.807) is 84.9 Å². The number of hydrogen-bond acceptors (Lipinski definition) is 4. The van der Waals surface area contributed by atoms with Crippen molar-refractivity contribution < 1.29 is 72.8 Å². The van der Waals surface area contributed by atoms with Gasteiger partial charge in [0, 0.05) is 10.0 Å². The first kappa shape index (κ1) is 84.5. The molecule has 0 heterocycles. The van der Waals surface area contributed by atoms with Crippen LogP contribution in [0.2, 0.25) is 20.1 Å². The van der Waals surface area contributed by atoms with Gasteiger partial charge in [-0.15, -0.1) is 0 Å². The molecule has 0 unspecified atom stereocenters. The summed E-state index contributed by atoms with van der Waals surface area (Å²) in [5.41, 5.74) is 13.8. The third-order valence-electron chi connectivity index (χ3n) is 13.3. The molecular formula is C76H104Cl4O4Zr2. The minimum absolute atomic E-state index is 0. The number of benzene rings is 4. The summed E-state index contributed by atoms with van der Waals surface area (Å²) in [6, 6.07) is 53.6. The first-order valence-electron chi connectivity index (χ1n) is 28.9. The van der Waals surface area contributed by atoms with Gasteiger partial charge in [0.2, 0.25) is 0 Å². The molecule has 10 heteroatoms. The molecule has 468 valence electrons. The first-order chi connectivity index (χ1) is 38.0. The van der Waals surface area contributed by atoms with E-state index in [-0.39, 0.29) is 119 Å². The molecule has 0 radical (unpaired) electrons. The molecule has 0 aliphatic rings. The molecule has 0 saturated carbocycles. The molecule has 4 nitrogen and oxygen atoms in total. The Kier molecular flexibility index (Phi) is 35.7. The summed E-state index contributed by atoms with van der Waals surface area (Å²) in [6.45, 7) is 54.2. The second-order valence-electron chi connectivity index (χ2n) is 29.4. The Morgan fingerprint density at radius 2 is 0.488 bits per heavy atom. The predicted octanol–water partition coefficient (Wildman–Crippen LogP) is 24.2.